The molecule has 1 aromatic rings. The van der Waals surface area contributed by atoms with Crippen molar-refractivity contribution < 1.29 is 14.4 Å². The quantitative estimate of drug-likeness (QED) is 0.766. The van der Waals surface area contributed by atoms with Crippen molar-refractivity contribution in [3.63, 3.8) is 0 Å². The van der Waals surface area contributed by atoms with Crippen molar-refractivity contribution in [3.05, 3.63) is 29.8 Å². The number of carbonyl (C=O) groups excluding carboxylic acids is 3. The van der Waals surface area contributed by atoms with Gasteiger partial charge in [0.2, 0.25) is 11.8 Å². The average molecular weight is 354 g/mol. The van der Waals surface area contributed by atoms with Crippen molar-refractivity contribution >= 4 is 23.4 Å². The highest BCUT2D eigenvalue weighted by Gasteiger charge is 2.48. The van der Waals surface area contributed by atoms with Crippen molar-refractivity contribution in [1.82, 2.24) is 4.90 Å². The van der Waals surface area contributed by atoms with Gasteiger partial charge in [-0.1, -0.05) is 20.8 Å². The van der Waals surface area contributed by atoms with Gasteiger partial charge < -0.3 is 4.90 Å². The van der Waals surface area contributed by atoms with E-state index in [1.165, 1.54) is 4.90 Å². The molecule has 2 aliphatic heterocycles. The molecule has 2 heterocycles. The number of fused-ring (bicyclic) bond motifs is 2. The van der Waals surface area contributed by atoms with Crippen LogP contribution in [0, 0.1) is 17.3 Å². The van der Waals surface area contributed by atoms with E-state index in [1.54, 1.807) is 24.3 Å². The molecule has 0 spiro atoms. The Bertz CT molecular complexity index is 752. The molecule has 5 heteroatoms. The number of imide groups is 1. The fraction of sp³-hybridized carbons (Fsp3) is 0.571. The lowest BCUT2D eigenvalue weighted by Crippen LogP contribution is -2.39. The van der Waals surface area contributed by atoms with Crippen LogP contribution in [0.1, 0.15) is 56.8 Å². The summed E-state index contributed by atoms with van der Waals surface area (Å²) >= 11 is 0. The highest BCUT2D eigenvalue weighted by Crippen LogP contribution is 2.49. The van der Waals surface area contributed by atoms with E-state index in [4.69, 9.17) is 0 Å². The number of nitrogens with zero attached hydrogens (tertiary/aromatic N) is 2. The zero-order valence-corrected chi connectivity index (χ0v) is 15.7. The summed E-state index contributed by atoms with van der Waals surface area (Å²) in [4.78, 5) is 40.0. The summed E-state index contributed by atoms with van der Waals surface area (Å²) in [5.74, 6) is 0.920. The Morgan fingerprint density at radius 1 is 1.08 bits per heavy atom. The van der Waals surface area contributed by atoms with E-state index < -0.39 is 0 Å². The largest absolute Gasteiger partial charge is 0.335 e. The number of anilines is 1. The molecule has 3 unspecified atom stereocenters. The maximum atomic E-state index is 13.0. The van der Waals surface area contributed by atoms with Crippen LogP contribution in [0.5, 0.6) is 0 Å². The van der Waals surface area contributed by atoms with Crippen molar-refractivity contribution in [1.29, 1.82) is 0 Å². The molecule has 138 valence electrons. The molecule has 0 radical (unpaired) electrons. The van der Waals surface area contributed by atoms with Crippen molar-refractivity contribution in [2.75, 3.05) is 11.4 Å². The molecule has 3 aliphatic rings. The molecule has 1 aromatic carbocycles. The van der Waals surface area contributed by atoms with Crippen LogP contribution in [-0.2, 0) is 9.59 Å². The van der Waals surface area contributed by atoms with Gasteiger partial charge in [0.25, 0.3) is 5.91 Å². The second-order valence-corrected chi connectivity index (χ2v) is 8.76. The van der Waals surface area contributed by atoms with E-state index in [1.807, 2.05) is 4.90 Å². The summed E-state index contributed by atoms with van der Waals surface area (Å²) < 4.78 is 0. The molecule has 3 atom stereocenters. The van der Waals surface area contributed by atoms with Crippen LogP contribution in [0.3, 0.4) is 0 Å². The lowest BCUT2D eigenvalue weighted by Gasteiger charge is -2.40. The van der Waals surface area contributed by atoms with Crippen LogP contribution in [0.25, 0.3) is 0 Å². The standard InChI is InChI=1S/C21H26N2O3/c1-13-15-10-17(11-21(13,2)3)22(12-15)20(26)14-4-6-16(7-5-14)23-18(24)8-9-19(23)25/h4-7,13,15,17H,8-12H2,1-3H3. The number of rotatable bonds is 2. The van der Waals surface area contributed by atoms with Gasteiger partial charge in [0.05, 0.1) is 5.69 Å². The van der Waals surface area contributed by atoms with Gasteiger partial charge in [-0.2, -0.15) is 0 Å². The topological polar surface area (TPSA) is 57.7 Å². The van der Waals surface area contributed by atoms with Gasteiger partial charge in [0.15, 0.2) is 0 Å². The van der Waals surface area contributed by atoms with Gasteiger partial charge in [0, 0.05) is 31.0 Å². The van der Waals surface area contributed by atoms with E-state index in [-0.39, 0.29) is 36.0 Å². The molecule has 0 N–H and O–H groups in total. The van der Waals surface area contributed by atoms with Gasteiger partial charge in [-0.15, -0.1) is 0 Å². The fourth-order valence-electron chi connectivity index (χ4n) is 4.97. The predicted molar refractivity (Wildman–Crippen MR) is 98.7 cm³/mol. The summed E-state index contributed by atoms with van der Waals surface area (Å²) in [6.07, 6.45) is 2.69. The highest BCUT2D eigenvalue weighted by molar-refractivity contribution is 6.19. The number of hydrogen-bond acceptors (Lipinski definition) is 3. The van der Waals surface area contributed by atoms with Gasteiger partial charge in [0.1, 0.15) is 0 Å². The van der Waals surface area contributed by atoms with E-state index in [9.17, 15) is 14.4 Å². The Balaban J connectivity index is 1.53. The second kappa shape index (κ2) is 5.93. The van der Waals surface area contributed by atoms with Crippen LogP contribution in [0.4, 0.5) is 5.69 Å². The number of benzene rings is 1. The molecule has 3 fully saturated rings. The summed E-state index contributed by atoms with van der Waals surface area (Å²) in [5.41, 5.74) is 1.46. The molecule has 2 saturated heterocycles. The molecule has 0 aromatic heterocycles. The van der Waals surface area contributed by atoms with E-state index in [0.717, 1.165) is 19.4 Å². The third kappa shape index (κ3) is 2.65. The molecule has 1 aliphatic carbocycles. The first kappa shape index (κ1) is 17.3. The second-order valence-electron chi connectivity index (χ2n) is 8.76. The highest BCUT2D eigenvalue weighted by atomic mass is 16.2. The predicted octanol–water partition coefficient (Wildman–Crippen LogP) is 3.24. The van der Waals surface area contributed by atoms with Crippen molar-refractivity contribution in [2.24, 2.45) is 17.3 Å². The number of likely N-dealkylation sites (tertiary alicyclic amines) is 1. The first-order valence-electron chi connectivity index (χ1n) is 9.55. The monoisotopic (exact) mass is 354 g/mol. The van der Waals surface area contributed by atoms with Crippen LogP contribution < -0.4 is 4.90 Å². The average Bonchev–Trinajstić information content (AvgIpc) is 3.13. The summed E-state index contributed by atoms with van der Waals surface area (Å²) in [6, 6.07) is 7.23. The summed E-state index contributed by atoms with van der Waals surface area (Å²) in [7, 11) is 0. The molecule has 3 amide bonds. The molecule has 26 heavy (non-hydrogen) atoms. The minimum atomic E-state index is -0.168. The molecule has 4 rings (SSSR count). The van der Waals surface area contributed by atoms with E-state index >= 15 is 0 Å². The Morgan fingerprint density at radius 3 is 2.31 bits per heavy atom. The maximum absolute atomic E-state index is 13.0. The molecular formula is C21H26N2O3. The maximum Gasteiger partial charge on any atom is 0.254 e. The number of amides is 3. The van der Waals surface area contributed by atoms with E-state index in [2.05, 4.69) is 20.8 Å². The SMILES string of the molecule is CC1C2CC(CC1(C)C)N(C(=O)c1ccc(N3C(=O)CCC3=O)cc1)C2. The third-order valence-electron chi connectivity index (χ3n) is 6.83. The minimum Gasteiger partial charge on any atom is -0.335 e. The third-order valence-corrected chi connectivity index (χ3v) is 6.83. The number of carbonyl (C=O) groups is 3. The van der Waals surface area contributed by atoms with Crippen LogP contribution in [0.2, 0.25) is 0 Å². The van der Waals surface area contributed by atoms with Gasteiger partial charge in [-0.3, -0.25) is 19.3 Å². The van der Waals surface area contributed by atoms with Crippen LogP contribution in [-0.4, -0.2) is 35.2 Å². The smallest absolute Gasteiger partial charge is 0.254 e. The first-order chi connectivity index (χ1) is 12.3. The summed E-state index contributed by atoms with van der Waals surface area (Å²) in [5, 5.41) is 0. The Kier molecular flexibility index (Phi) is 3.94. The lowest BCUT2D eigenvalue weighted by molar-refractivity contribution is -0.121. The van der Waals surface area contributed by atoms with Crippen LogP contribution in [0.15, 0.2) is 24.3 Å². The Morgan fingerprint density at radius 2 is 1.69 bits per heavy atom. The molecule has 1 saturated carbocycles. The minimum absolute atomic E-state index is 0.0630. The van der Waals surface area contributed by atoms with E-state index in [0.29, 0.717) is 29.1 Å². The van der Waals surface area contributed by atoms with Crippen molar-refractivity contribution in [2.45, 2.75) is 52.5 Å². The normalized spacial score (nSPS) is 30.2. The number of hydrogen-bond donors (Lipinski definition) is 0. The van der Waals surface area contributed by atoms with Gasteiger partial charge in [-0.25, -0.2) is 0 Å². The molecule has 2 bridgehead atoms. The fourth-order valence-corrected chi connectivity index (χ4v) is 4.97. The zero-order chi connectivity index (χ0) is 18.6. The van der Waals surface area contributed by atoms with Gasteiger partial charge >= 0.3 is 0 Å². The Hall–Kier alpha value is -2.17. The van der Waals surface area contributed by atoms with Crippen molar-refractivity contribution in [3.8, 4) is 0 Å². The molecule has 5 nitrogen and oxygen atoms in total. The summed E-state index contributed by atoms with van der Waals surface area (Å²) in [6.45, 7) is 7.76. The van der Waals surface area contributed by atoms with Gasteiger partial charge in [-0.05, 0) is 54.4 Å². The molecular weight excluding hydrogens is 328 g/mol. The van der Waals surface area contributed by atoms with Crippen LogP contribution >= 0.6 is 0 Å². The lowest BCUT2D eigenvalue weighted by atomic mass is 9.65. The zero-order valence-electron chi connectivity index (χ0n) is 15.7. The Labute approximate surface area is 154 Å². The first-order valence-corrected chi connectivity index (χ1v) is 9.55.